The van der Waals surface area contributed by atoms with Crippen LogP contribution in [0.4, 0.5) is 5.82 Å². The van der Waals surface area contributed by atoms with Crippen LogP contribution in [0.5, 0.6) is 0 Å². The van der Waals surface area contributed by atoms with Crippen molar-refractivity contribution in [2.45, 2.75) is 25.9 Å². The number of anilines is 1. The summed E-state index contributed by atoms with van der Waals surface area (Å²) in [5, 5.41) is 15.6. The van der Waals surface area contributed by atoms with Crippen LogP contribution in [0.15, 0.2) is 24.8 Å². The lowest BCUT2D eigenvalue weighted by Crippen LogP contribution is -2.42. The molecule has 2 aromatic heterocycles. The normalized spacial score (nSPS) is 19.1. The van der Waals surface area contributed by atoms with Gasteiger partial charge in [-0.25, -0.2) is 29.2 Å². The van der Waals surface area contributed by atoms with E-state index < -0.39 is 31.5 Å². The fourth-order valence-corrected chi connectivity index (χ4v) is 5.28. The standard InChI is InChI=1S/C15H23N6O5P.C4H4O4/c1-11(15(22)24-2)21-4-3-6-26-27(21,23)10-25-7-5-20-9-19-12-13(16)17-8-18-14(12)20;5-3(6)1-2-4(7)8/h8-9,11H,3-7,10H2,1-2H3,(H2,16,17,18);1-2H,(H,5,6)(H,7,8)/b;2-1+/t11-,27-;/m0./s1. The number of esters is 1. The lowest BCUT2D eigenvalue weighted by Gasteiger charge is -2.37. The van der Waals surface area contributed by atoms with E-state index in [4.69, 9.17) is 29.9 Å². The van der Waals surface area contributed by atoms with Crippen molar-refractivity contribution in [3.05, 3.63) is 24.8 Å². The number of hydrogen-bond acceptors (Lipinski definition) is 11. The van der Waals surface area contributed by atoms with Gasteiger partial charge in [-0.15, -0.1) is 0 Å². The van der Waals surface area contributed by atoms with Crippen LogP contribution < -0.4 is 5.73 Å². The Morgan fingerprint density at radius 1 is 1.26 bits per heavy atom. The molecule has 1 fully saturated rings. The van der Waals surface area contributed by atoms with E-state index in [9.17, 15) is 18.9 Å². The summed E-state index contributed by atoms with van der Waals surface area (Å²) in [7, 11) is -1.97. The van der Waals surface area contributed by atoms with Crippen LogP contribution >= 0.6 is 7.52 Å². The molecule has 0 amide bonds. The van der Waals surface area contributed by atoms with Crippen LogP contribution in [0, 0.1) is 0 Å². The van der Waals surface area contributed by atoms with Crippen molar-refractivity contribution >= 4 is 42.4 Å². The third kappa shape index (κ3) is 7.82. The smallest absolute Gasteiger partial charge is 0.328 e. The van der Waals surface area contributed by atoms with Crippen LogP contribution in [0.3, 0.4) is 0 Å². The molecular formula is C19H27N6O9P. The highest BCUT2D eigenvalue weighted by Crippen LogP contribution is 2.54. The van der Waals surface area contributed by atoms with Gasteiger partial charge in [-0.05, 0) is 13.3 Å². The minimum absolute atomic E-state index is 0.113. The summed E-state index contributed by atoms with van der Waals surface area (Å²) in [6.45, 7) is 3.21. The summed E-state index contributed by atoms with van der Waals surface area (Å²) in [5.74, 6) is -2.66. The molecule has 2 atom stereocenters. The van der Waals surface area contributed by atoms with Crippen LogP contribution in [-0.2, 0) is 39.5 Å². The molecule has 1 aliphatic rings. The Morgan fingerprint density at radius 3 is 2.57 bits per heavy atom. The molecule has 1 saturated heterocycles. The maximum absolute atomic E-state index is 13.2. The molecule has 1 aliphatic heterocycles. The number of imidazole rings is 1. The molecule has 35 heavy (non-hydrogen) atoms. The summed E-state index contributed by atoms with van der Waals surface area (Å²) >= 11 is 0. The van der Waals surface area contributed by atoms with Crippen molar-refractivity contribution in [2.75, 3.05) is 38.9 Å². The van der Waals surface area contributed by atoms with Crippen molar-refractivity contribution in [1.82, 2.24) is 24.2 Å². The van der Waals surface area contributed by atoms with Crippen LogP contribution in [0.2, 0.25) is 0 Å². The monoisotopic (exact) mass is 514 g/mol. The summed E-state index contributed by atoms with van der Waals surface area (Å²) in [5.41, 5.74) is 6.89. The number of carboxylic acid groups (broad SMARTS) is 2. The second kappa shape index (κ2) is 12.9. The first kappa shape index (κ1) is 27.9. The number of carbonyl (C=O) groups excluding carboxylic acids is 1. The van der Waals surface area contributed by atoms with E-state index in [1.165, 1.54) is 13.4 Å². The second-order valence-corrected chi connectivity index (χ2v) is 9.41. The average Bonchev–Trinajstić information content (AvgIpc) is 3.24. The molecule has 16 heteroatoms. The number of nitrogens with zero attached hydrogens (tertiary/aromatic N) is 5. The maximum atomic E-state index is 13.2. The van der Waals surface area contributed by atoms with Crippen LogP contribution in [0.1, 0.15) is 13.3 Å². The molecular weight excluding hydrogens is 487 g/mol. The lowest BCUT2D eigenvalue weighted by atomic mass is 10.3. The van der Waals surface area contributed by atoms with E-state index in [0.29, 0.717) is 55.3 Å². The van der Waals surface area contributed by atoms with Gasteiger partial charge in [0, 0.05) is 25.2 Å². The number of ether oxygens (including phenoxy) is 2. The first-order valence-electron chi connectivity index (χ1n) is 10.3. The van der Waals surface area contributed by atoms with Gasteiger partial charge in [-0.1, -0.05) is 0 Å². The topological polar surface area (TPSA) is 209 Å². The molecule has 4 N–H and O–H groups in total. The molecule has 192 valence electrons. The number of aromatic nitrogens is 4. The van der Waals surface area contributed by atoms with E-state index >= 15 is 0 Å². The number of carbonyl (C=O) groups is 3. The molecule has 3 rings (SSSR count). The SMILES string of the molecule is COC(=O)[C@H](C)N1CCCO[P@@]1(=O)COCCn1cnc2c(N)ncnc21.O=C(O)/C=C/C(=O)O. The molecule has 2 aromatic rings. The number of carboxylic acids is 2. The summed E-state index contributed by atoms with van der Waals surface area (Å²) in [6, 6.07) is -0.665. The molecule has 0 saturated carbocycles. The zero-order valence-electron chi connectivity index (χ0n) is 19.1. The lowest BCUT2D eigenvalue weighted by molar-refractivity contribution is -0.145. The minimum Gasteiger partial charge on any atom is -0.478 e. The highest BCUT2D eigenvalue weighted by Gasteiger charge is 2.41. The van der Waals surface area contributed by atoms with Gasteiger partial charge in [-0.3, -0.25) is 9.36 Å². The Morgan fingerprint density at radius 2 is 1.94 bits per heavy atom. The summed E-state index contributed by atoms with van der Waals surface area (Å²) < 4.78 is 32.4. The number of aliphatic carboxylic acids is 2. The van der Waals surface area contributed by atoms with Crippen molar-refractivity contribution in [3.63, 3.8) is 0 Å². The van der Waals surface area contributed by atoms with Gasteiger partial charge in [0.2, 0.25) is 0 Å². The van der Waals surface area contributed by atoms with E-state index in [1.54, 1.807) is 22.5 Å². The van der Waals surface area contributed by atoms with Gasteiger partial charge >= 0.3 is 17.9 Å². The quantitative estimate of drug-likeness (QED) is 0.181. The van der Waals surface area contributed by atoms with Gasteiger partial charge in [0.05, 0.1) is 26.7 Å². The van der Waals surface area contributed by atoms with Gasteiger partial charge in [0.15, 0.2) is 11.5 Å². The van der Waals surface area contributed by atoms with E-state index in [1.807, 2.05) is 0 Å². The van der Waals surface area contributed by atoms with Crippen molar-refractivity contribution in [3.8, 4) is 0 Å². The molecule has 0 aromatic carbocycles. The van der Waals surface area contributed by atoms with Crippen molar-refractivity contribution < 1.29 is 43.2 Å². The van der Waals surface area contributed by atoms with Gasteiger partial charge in [0.25, 0.3) is 7.52 Å². The van der Waals surface area contributed by atoms with Gasteiger partial charge in [0.1, 0.15) is 24.2 Å². The predicted octanol–water partition coefficient (Wildman–Crippen LogP) is 0.571. The predicted molar refractivity (Wildman–Crippen MR) is 121 cm³/mol. The van der Waals surface area contributed by atoms with E-state index in [0.717, 1.165) is 0 Å². The van der Waals surface area contributed by atoms with Crippen molar-refractivity contribution in [1.29, 1.82) is 0 Å². The molecule has 0 aliphatic carbocycles. The Balaban J connectivity index is 0.000000466. The second-order valence-electron chi connectivity index (χ2n) is 7.10. The number of rotatable bonds is 9. The minimum atomic E-state index is -3.27. The highest BCUT2D eigenvalue weighted by atomic mass is 31.2. The Labute approximate surface area is 200 Å². The van der Waals surface area contributed by atoms with Crippen LogP contribution in [0.25, 0.3) is 11.2 Å². The van der Waals surface area contributed by atoms with Gasteiger partial charge in [-0.2, -0.15) is 0 Å². The fraction of sp³-hybridized carbons (Fsp3) is 0.474. The zero-order valence-corrected chi connectivity index (χ0v) is 20.0. The molecule has 15 nitrogen and oxygen atoms in total. The number of fused-ring (bicyclic) bond motifs is 1. The zero-order chi connectivity index (χ0) is 26.0. The van der Waals surface area contributed by atoms with Crippen LogP contribution in [-0.4, -0.2) is 91.6 Å². The Kier molecular flexibility index (Phi) is 10.3. The largest absolute Gasteiger partial charge is 0.478 e. The molecule has 3 heterocycles. The fourth-order valence-electron chi connectivity index (χ4n) is 3.07. The third-order valence-corrected chi connectivity index (χ3v) is 7.16. The first-order chi connectivity index (χ1) is 16.6. The maximum Gasteiger partial charge on any atom is 0.328 e. The number of nitrogen functional groups attached to an aromatic ring is 1. The van der Waals surface area contributed by atoms with Crippen molar-refractivity contribution in [2.24, 2.45) is 0 Å². The molecule has 0 radical (unpaired) electrons. The number of nitrogens with two attached hydrogens (primary N) is 1. The third-order valence-electron chi connectivity index (χ3n) is 4.73. The Bertz CT molecular complexity index is 1110. The average molecular weight is 514 g/mol. The number of methoxy groups -OCH3 is 1. The summed E-state index contributed by atoms with van der Waals surface area (Å²) in [4.78, 5) is 43.2. The first-order valence-corrected chi connectivity index (χ1v) is 12.1. The summed E-state index contributed by atoms with van der Waals surface area (Å²) in [6.07, 6.45) is 4.66. The molecule has 0 unspecified atom stereocenters. The van der Waals surface area contributed by atoms with E-state index in [2.05, 4.69) is 15.0 Å². The highest BCUT2D eigenvalue weighted by molar-refractivity contribution is 7.56. The van der Waals surface area contributed by atoms with Gasteiger partial charge < -0.3 is 34.5 Å². The number of hydrogen-bond donors (Lipinski definition) is 3. The Hall–Kier alpha value is -3.39. The molecule has 0 bridgehead atoms. The molecule has 0 spiro atoms. The van der Waals surface area contributed by atoms with E-state index in [-0.39, 0.29) is 13.0 Å².